The van der Waals surface area contributed by atoms with Crippen molar-refractivity contribution in [1.29, 1.82) is 0 Å². The molecule has 0 aliphatic carbocycles. The lowest BCUT2D eigenvalue weighted by atomic mass is 10.1. The van der Waals surface area contributed by atoms with E-state index in [-0.39, 0.29) is 18.1 Å². The Bertz CT molecular complexity index is 434. The van der Waals surface area contributed by atoms with E-state index in [0.717, 1.165) is 19.7 Å². The Morgan fingerprint density at radius 3 is 3.05 bits per heavy atom. The van der Waals surface area contributed by atoms with Crippen LogP contribution < -0.4 is 5.73 Å². The van der Waals surface area contributed by atoms with Gasteiger partial charge < -0.3 is 15.0 Å². The van der Waals surface area contributed by atoms with E-state index < -0.39 is 0 Å². The van der Waals surface area contributed by atoms with Gasteiger partial charge in [-0.2, -0.15) is 4.98 Å². The Balaban J connectivity index is 1.69. The van der Waals surface area contributed by atoms with Crippen LogP contribution in [-0.4, -0.2) is 46.8 Å². The molecule has 6 nitrogen and oxygen atoms in total. The molecule has 19 heavy (non-hydrogen) atoms. The maximum absolute atomic E-state index is 5.87. The number of nitrogens with two attached hydrogens (primary N) is 1. The Kier molecular flexibility index (Phi) is 3.56. The molecule has 3 rings (SSSR count). The highest BCUT2D eigenvalue weighted by Gasteiger charge is 2.35. The summed E-state index contributed by atoms with van der Waals surface area (Å²) in [6.07, 6.45) is 2.44. The summed E-state index contributed by atoms with van der Waals surface area (Å²) in [5.74, 6) is 1.34. The zero-order valence-corrected chi connectivity index (χ0v) is 11.6. The molecule has 2 aliphatic heterocycles. The summed E-state index contributed by atoms with van der Waals surface area (Å²) in [6, 6.07) is 0.592. The van der Waals surface area contributed by atoms with E-state index in [9.17, 15) is 0 Å². The highest BCUT2D eigenvalue weighted by atomic mass is 16.5. The van der Waals surface area contributed by atoms with Crippen LogP contribution in [0.1, 0.15) is 50.4 Å². The van der Waals surface area contributed by atoms with Gasteiger partial charge in [-0.1, -0.05) is 12.1 Å². The van der Waals surface area contributed by atoms with E-state index in [1.165, 1.54) is 12.8 Å². The molecule has 2 N–H and O–H groups in total. The summed E-state index contributed by atoms with van der Waals surface area (Å²) in [5.41, 5.74) is 5.86. The van der Waals surface area contributed by atoms with Crippen LogP contribution in [0.25, 0.3) is 0 Å². The third kappa shape index (κ3) is 2.52. The van der Waals surface area contributed by atoms with Crippen molar-refractivity contribution in [3.63, 3.8) is 0 Å². The van der Waals surface area contributed by atoms with Crippen LogP contribution in [0.5, 0.6) is 0 Å². The predicted octanol–water partition coefficient (Wildman–Crippen LogP) is 1.06. The molecule has 0 amide bonds. The van der Waals surface area contributed by atoms with Crippen molar-refractivity contribution < 1.29 is 9.26 Å². The SMILES string of the molecule is CC(N)C(C)c1nc(C2CN3CCCC3CO2)no1. The first-order chi connectivity index (χ1) is 9.15. The van der Waals surface area contributed by atoms with E-state index >= 15 is 0 Å². The van der Waals surface area contributed by atoms with Crippen LogP contribution in [0.4, 0.5) is 0 Å². The van der Waals surface area contributed by atoms with Gasteiger partial charge in [0.15, 0.2) is 0 Å². The van der Waals surface area contributed by atoms with Gasteiger partial charge in [0.2, 0.25) is 11.7 Å². The molecule has 2 aliphatic rings. The summed E-state index contributed by atoms with van der Waals surface area (Å²) in [7, 11) is 0. The standard InChI is InChI=1S/C13H22N4O2/c1-8(9(2)14)13-15-12(16-19-13)11-6-17-5-3-4-10(17)7-18-11/h8-11H,3-7,14H2,1-2H3. The molecule has 2 saturated heterocycles. The fraction of sp³-hybridized carbons (Fsp3) is 0.846. The fourth-order valence-electron chi connectivity index (χ4n) is 2.76. The number of morpholine rings is 1. The second kappa shape index (κ2) is 5.19. The molecule has 0 bridgehead atoms. The molecule has 0 aromatic carbocycles. The summed E-state index contributed by atoms with van der Waals surface area (Å²) < 4.78 is 11.2. The molecule has 4 atom stereocenters. The maximum Gasteiger partial charge on any atom is 0.231 e. The second-order valence-electron chi connectivity index (χ2n) is 5.75. The van der Waals surface area contributed by atoms with Crippen molar-refractivity contribution in [2.75, 3.05) is 19.7 Å². The molecule has 1 aromatic rings. The lowest BCUT2D eigenvalue weighted by Crippen LogP contribution is -2.42. The van der Waals surface area contributed by atoms with E-state index in [1.54, 1.807) is 0 Å². The van der Waals surface area contributed by atoms with Crippen molar-refractivity contribution in [3.05, 3.63) is 11.7 Å². The number of rotatable bonds is 3. The van der Waals surface area contributed by atoms with Crippen LogP contribution in [-0.2, 0) is 4.74 Å². The van der Waals surface area contributed by atoms with Gasteiger partial charge in [-0.3, -0.25) is 4.90 Å². The number of aromatic nitrogens is 2. The number of hydrogen-bond donors (Lipinski definition) is 1. The molecule has 6 heteroatoms. The van der Waals surface area contributed by atoms with Crippen LogP contribution in [0.2, 0.25) is 0 Å². The van der Waals surface area contributed by atoms with Crippen molar-refractivity contribution >= 4 is 0 Å². The Morgan fingerprint density at radius 1 is 1.42 bits per heavy atom. The van der Waals surface area contributed by atoms with Crippen LogP contribution >= 0.6 is 0 Å². The lowest BCUT2D eigenvalue weighted by molar-refractivity contribution is -0.0548. The third-order valence-corrected chi connectivity index (χ3v) is 4.31. The largest absolute Gasteiger partial charge is 0.367 e. The van der Waals surface area contributed by atoms with Gasteiger partial charge in [0.1, 0.15) is 6.10 Å². The molecule has 1 aromatic heterocycles. The van der Waals surface area contributed by atoms with Crippen molar-refractivity contribution in [2.24, 2.45) is 5.73 Å². The summed E-state index contributed by atoms with van der Waals surface area (Å²) in [4.78, 5) is 6.93. The zero-order valence-electron chi connectivity index (χ0n) is 11.6. The van der Waals surface area contributed by atoms with Crippen LogP contribution in [0, 0.1) is 0 Å². The van der Waals surface area contributed by atoms with Gasteiger partial charge in [-0.15, -0.1) is 0 Å². The van der Waals surface area contributed by atoms with Gasteiger partial charge >= 0.3 is 0 Å². The average molecular weight is 266 g/mol. The molecule has 3 heterocycles. The molecule has 106 valence electrons. The zero-order chi connectivity index (χ0) is 13.4. The van der Waals surface area contributed by atoms with E-state index in [0.29, 0.717) is 17.8 Å². The van der Waals surface area contributed by atoms with Crippen molar-refractivity contribution in [3.8, 4) is 0 Å². The minimum atomic E-state index is -0.0628. The first kappa shape index (κ1) is 13.0. The van der Waals surface area contributed by atoms with Crippen LogP contribution in [0.3, 0.4) is 0 Å². The van der Waals surface area contributed by atoms with Crippen molar-refractivity contribution in [2.45, 2.75) is 50.8 Å². The Labute approximate surface area is 113 Å². The predicted molar refractivity (Wildman–Crippen MR) is 69.7 cm³/mol. The first-order valence-corrected chi connectivity index (χ1v) is 7.10. The second-order valence-corrected chi connectivity index (χ2v) is 5.75. The van der Waals surface area contributed by atoms with Gasteiger partial charge in [0.25, 0.3) is 0 Å². The molecule has 2 fully saturated rings. The van der Waals surface area contributed by atoms with Gasteiger partial charge in [-0.25, -0.2) is 0 Å². The normalized spacial score (nSPS) is 31.1. The molecular weight excluding hydrogens is 244 g/mol. The molecule has 0 saturated carbocycles. The monoisotopic (exact) mass is 266 g/mol. The number of fused-ring (bicyclic) bond motifs is 1. The molecular formula is C13H22N4O2. The summed E-state index contributed by atoms with van der Waals surface area (Å²) >= 11 is 0. The topological polar surface area (TPSA) is 77.4 Å². The Morgan fingerprint density at radius 2 is 2.26 bits per heavy atom. The number of ether oxygens (including phenoxy) is 1. The molecule has 4 unspecified atom stereocenters. The summed E-state index contributed by atoms with van der Waals surface area (Å²) in [6.45, 7) is 6.75. The Hall–Kier alpha value is -0.980. The van der Waals surface area contributed by atoms with Crippen LogP contribution in [0.15, 0.2) is 4.52 Å². The first-order valence-electron chi connectivity index (χ1n) is 7.10. The fourth-order valence-corrected chi connectivity index (χ4v) is 2.76. The van der Waals surface area contributed by atoms with E-state index in [2.05, 4.69) is 15.0 Å². The van der Waals surface area contributed by atoms with E-state index in [4.69, 9.17) is 15.0 Å². The third-order valence-electron chi connectivity index (χ3n) is 4.31. The molecule has 0 spiro atoms. The van der Waals surface area contributed by atoms with Gasteiger partial charge in [0, 0.05) is 18.6 Å². The summed E-state index contributed by atoms with van der Waals surface area (Å²) in [5, 5.41) is 4.06. The minimum absolute atomic E-state index is 0.00327. The maximum atomic E-state index is 5.87. The van der Waals surface area contributed by atoms with Gasteiger partial charge in [-0.05, 0) is 26.3 Å². The quantitative estimate of drug-likeness (QED) is 0.881. The minimum Gasteiger partial charge on any atom is -0.367 e. The number of nitrogens with zero attached hydrogens (tertiary/aromatic N) is 3. The number of hydrogen-bond acceptors (Lipinski definition) is 6. The van der Waals surface area contributed by atoms with Gasteiger partial charge in [0.05, 0.1) is 12.5 Å². The highest BCUT2D eigenvalue weighted by Crippen LogP contribution is 2.29. The average Bonchev–Trinajstić information content (AvgIpc) is 3.05. The smallest absolute Gasteiger partial charge is 0.231 e. The van der Waals surface area contributed by atoms with E-state index in [1.807, 2.05) is 13.8 Å². The highest BCUT2D eigenvalue weighted by molar-refractivity contribution is 5.00. The van der Waals surface area contributed by atoms with Crippen molar-refractivity contribution in [1.82, 2.24) is 15.0 Å². The lowest BCUT2D eigenvalue weighted by Gasteiger charge is -2.33. The molecule has 0 radical (unpaired) electrons.